The Morgan fingerprint density at radius 3 is 2.73 bits per heavy atom. The van der Waals surface area contributed by atoms with Gasteiger partial charge < -0.3 is 0 Å². The third kappa shape index (κ3) is 3.79. The van der Waals surface area contributed by atoms with Crippen LogP contribution in [0.25, 0.3) is 0 Å². The zero-order valence-corrected chi connectivity index (χ0v) is 8.51. The molecule has 4 nitrogen and oxygen atoms in total. The zero-order chi connectivity index (χ0) is 11.1. The van der Waals surface area contributed by atoms with Crippen molar-refractivity contribution < 1.29 is 9.63 Å². The highest BCUT2D eigenvalue weighted by Crippen LogP contribution is 2.02. The molecular formula is C11H12N2O2. The highest BCUT2D eigenvalue weighted by atomic mass is 16.7. The SMILES string of the molecule is CN(OCc1ccccc1)C(=O)CC#N. The summed E-state index contributed by atoms with van der Waals surface area (Å²) in [5.41, 5.74) is 0.981. The molecule has 0 atom stereocenters. The van der Waals surface area contributed by atoms with Crippen LogP contribution in [0.1, 0.15) is 12.0 Å². The molecule has 0 heterocycles. The van der Waals surface area contributed by atoms with Crippen LogP contribution >= 0.6 is 0 Å². The highest BCUT2D eigenvalue weighted by Gasteiger charge is 2.07. The van der Waals surface area contributed by atoms with E-state index in [1.807, 2.05) is 30.3 Å². The number of carbonyl (C=O) groups is 1. The van der Waals surface area contributed by atoms with Crippen LogP contribution in [0.15, 0.2) is 30.3 Å². The van der Waals surface area contributed by atoms with Crippen LogP contribution in [0.3, 0.4) is 0 Å². The van der Waals surface area contributed by atoms with E-state index in [1.54, 1.807) is 6.07 Å². The van der Waals surface area contributed by atoms with Crippen molar-refractivity contribution in [3.63, 3.8) is 0 Å². The predicted molar refractivity (Wildman–Crippen MR) is 54.2 cm³/mol. The van der Waals surface area contributed by atoms with Gasteiger partial charge in [-0.1, -0.05) is 30.3 Å². The number of carbonyl (C=O) groups excluding carboxylic acids is 1. The maximum Gasteiger partial charge on any atom is 0.260 e. The van der Waals surface area contributed by atoms with Crippen molar-refractivity contribution in [3.8, 4) is 6.07 Å². The van der Waals surface area contributed by atoms with Gasteiger partial charge in [-0.15, -0.1) is 0 Å². The summed E-state index contributed by atoms with van der Waals surface area (Å²) in [5.74, 6) is -0.339. The van der Waals surface area contributed by atoms with Gasteiger partial charge in [0, 0.05) is 7.05 Å². The molecule has 1 amide bonds. The molecule has 0 saturated carbocycles. The molecule has 4 heteroatoms. The zero-order valence-electron chi connectivity index (χ0n) is 8.51. The van der Waals surface area contributed by atoms with Crippen LogP contribution in [0.2, 0.25) is 0 Å². The van der Waals surface area contributed by atoms with Crippen molar-refractivity contribution in [3.05, 3.63) is 35.9 Å². The van der Waals surface area contributed by atoms with E-state index in [9.17, 15) is 4.79 Å². The van der Waals surface area contributed by atoms with Crippen LogP contribution in [0.5, 0.6) is 0 Å². The van der Waals surface area contributed by atoms with E-state index >= 15 is 0 Å². The first kappa shape index (κ1) is 11.2. The number of nitrogens with zero attached hydrogens (tertiary/aromatic N) is 2. The highest BCUT2D eigenvalue weighted by molar-refractivity contribution is 5.76. The number of hydrogen-bond acceptors (Lipinski definition) is 3. The van der Waals surface area contributed by atoms with E-state index in [2.05, 4.69) is 0 Å². The Morgan fingerprint density at radius 2 is 2.13 bits per heavy atom. The molecule has 1 rings (SSSR count). The molecule has 0 aliphatic rings. The topological polar surface area (TPSA) is 53.3 Å². The molecule has 0 aliphatic heterocycles. The number of hydrogen-bond donors (Lipinski definition) is 0. The van der Waals surface area contributed by atoms with Crippen molar-refractivity contribution in [2.75, 3.05) is 7.05 Å². The van der Waals surface area contributed by atoms with Crippen LogP contribution in [-0.2, 0) is 16.2 Å². The van der Waals surface area contributed by atoms with E-state index in [1.165, 1.54) is 7.05 Å². The minimum Gasteiger partial charge on any atom is -0.271 e. The van der Waals surface area contributed by atoms with Gasteiger partial charge in [-0.2, -0.15) is 5.26 Å². The number of hydroxylamine groups is 2. The molecule has 1 aromatic carbocycles. The van der Waals surface area contributed by atoms with Gasteiger partial charge in [0.15, 0.2) is 0 Å². The maximum atomic E-state index is 11.1. The maximum absolute atomic E-state index is 11.1. The summed E-state index contributed by atoms with van der Waals surface area (Å²) in [6, 6.07) is 11.3. The molecule has 0 N–H and O–H groups in total. The standard InChI is InChI=1S/C11H12N2O2/c1-13(11(14)7-8-12)15-9-10-5-3-2-4-6-10/h2-6H,7,9H2,1H3. The lowest BCUT2D eigenvalue weighted by molar-refractivity contribution is -0.181. The molecular weight excluding hydrogens is 192 g/mol. The normalized spacial score (nSPS) is 9.33. The van der Waals surface area contributed by atoms with Crippen LogP contribution in [0, 0.1) is 11.3 Å². The third-order valence-electron chi connectivity index (χ3n) is 1.85. The van der Waals surface area contributed by atoms with Gasteiger partial charge >= 0.3 is 0 Å². The smallest absolute Gasteiger partial charge is 0.260 e. The summed E-state index contributed by atoms with van der Waals surface area (Å²) in [6.45, 7) is 0.328. The fourth-order valence-electron chi connectivity index (χ4n) is 0.997. The van der Waals surface area contributed by atoms with E-state index < -0.39 is 0 Å². The third-order valence-corrected chi connectivity index (χ3v) is 1.85. The molecule has 0 spiro atoms. The predicted octanol–water partition coefficient (Wildman–Crippen LogP) is 1.49. The van der Waals surface area contributed by atoms with Crippen LogP contribution < -0.4 is 0 Å². The Balaban J connectivity index is 2.38. The van der Waals surface area contributed by atoms with Gasteiger partial charge in [0.1, 0.15) is 13.0 Å². The second kappa shape index (κ2) is 5.78. The minimum absolute atomic E-state index is 0.161. The largest absolute Gasteiger partial charge is 0.271 e. The summed E-state index contributed by atoms with van der Waals surface area (Å²) in [6.07, 6.45) is -0.161. The lowest BCUT2D eigenvalue weighted by Crippen LogP contribution is -2.26. The van der Waals surface area contributed by atoms with Crippen molar-refractivity contribution in [1.29, 1.82) is 5.26 Å². The summed E-state index contributed by atoms with van der Waals surface area (Å²) in [5, 5.41) is 9.41. The van der Waals surface area contributed by atoms with E-state index in [4.69, 9.17) is 10.1 Å². The van der Waals surface area contributed by atoms with Crippen molar-refractivity contribution in [2.24, 2.45) is 0 Å². The molecule has 0 aromatic heterocycles. The number of rotatable bonds is 4. The molecule has 0 unspecified atom stereocenters. The van der Waals surface area contributed by atoms with Gasteiger partial charge in [0.05, 0.1) is 6.07 Å². The number of benzene rings is 1. The summed E-state index contributed by atoms with van der Waals surface area (Å²) < 4.78 is 0. The second-order valence-corrected chi connectivity index (χ2v) is 2.99. The molecule has 78 valence electrons. The molecule has 1 aromatic rings. The fourth-order valence-corrected chi connectivity index (χ4v) is 0.997. The summed E-state index contributed by atoms with van der Waals surface area (Å²) in [4.78, 5) is 16.3. The van der Waals surface area contributed by atoms with E-state index in [-0.39, 0.29) is 12.3 Å². The second-order valence-electron chi connectivity index (χ2n) is 2.99. The Morgan fingerprint density at radius 1 is 1.47 bits per heavy atom. The van der Waals surface area contributed by atoms with Gasteiger partial charge in [0.2, 0.25) is 0 Å². The monoisotopic (exact) mass is 204 g/mol. The Labute approximate surface area is 88.6 Å². The van der Waals surface area contributed by atoms with Gasteiger partial charge in [-0.05, 0) is 5.56 Å². The van der Waals surface area contributed by atoms with Crippen molar-refractivity contribution in [1.82, 2.24) is 5.06 Å². The lowest BCUT2D eigenvalue weighted by atomic mass is 10.2. The fraction of sp³-hybridized carbons (Fsp3) is 0.273. The average Bonchev–Trinajstić information content (AvgIpc) is 2.27. The van der Waals surface area contributed by atoms with Crippen LogP contribution in [0.4, 0.5) is 0 Å². The van der Waals surface area contributed by atoms with Crippen molar-refractivity contribution in [2.45, 2.75) is 13.0 Å². The summed E-state index contributed by atoms with van der Waals surface area (Å²) >= 11 is 0. The molecule has 0 bridgehead atoms. The Kier molecular flexibility index (Phi) is 4.32. The van der Waals surface area contributed by atoms with Crippen molar-refractivity contribution >= 4 is 5.91 Å². The van der Waals surface area contributed by atoms with E-state index in [0.717, 1.165) is 10.6 Å². The Hall–Kier alpha value is -1.86. The van der Waals surface area contributed by atoms with Crippen LogP contribution in [-0.4, -0.2) is 18.0 Å². The lowest BCUT2D eigenvalue weighted by Gasteiger charge is -2.15. The first-order valence-corrected chi connectivity index (χ1v) is 4.54. The summed E-state index contributed by atoms with van der Waals surface area (Å²) in [7, 11) is 1.50. The Bertz CT molecular complexity index is 357. The van der Waals surface area contributed by atoms with Gasteiger partial charge in [0.25, 0.3) is 5.91 Å². The van der Waals surface area contributed by atoms with Gasteiger partial charge in [-0.3, -0.25) is 9.63 Å². The number of nitriles is 1. The molecule has 0 saturated heterocycles. The first-order valence-electron chi connectivity index (χ1n) is 4.54. The molecule has 0 aliphatic carbocycles. The quantitative estimate of drug-likeness (QED) is 0.698. The molecule has 0 radical (unpaired) electrons. The molecule has 0 fully saturated rings. The van der Waals surface area contributed by atoms with E-state index in [0.29, 0.717) is 6.61 Å². The minimum atomic E-state index is -0.339. The first-order chi connectivity index (χ1) is 7.24. The number of amides is 1. The average molecular weight is 204 g/mol. The molecule has 15 heavy (non-hydrogen) atoms. The van der Waals surface area contributed by atoms with Gasteiger partial charge in [-0.25, -0.2) is 5.06 Å².